The van der Waals surface area contributed by atoms with E-state index in [1.54, 1.807) is 56.6 Å². The monoisotopic (exact) mass is 368 g/mol. The third-order valence-corrected chi connectivity index (χ3v) is 6.06. The molecular formula is C19H20N4O2S. The van der Waals surface area contributed by atoms with Crippen LogP contribution in [0.2, 0.25) is 0 Å². The number of para-hydroxylation sites is 1. The van der Waals surface area contributed by atoms with E-state index >= 15 is 0 Å². The van der Waals surface area contributed by atoms with E-state index in [-0.39, 0.29) is 4.90 Å². The van der Waals surface area contributed by atoms with E-state index in [9.17, 15) is 8.42 Å². The Hall–Kier alpha value is -2.93. The second-order valence-corrected chi connectivity index (χ2v) is 8.44. The van der Waals surface area contributed by atoms with Gasteiger partial charge in [0.25, 0.3) is 0 Å². The van der Waals surface area contributed by atoms with Gasteiger partial charge in [-0.15, -0.1) is 0 Å². The van der Waals surface area contributed by atoms with E-state index in [0.717, 1.165) is 5.56 Å². The van der Waals surface area contributed by atoms with Crippen molar-refractivity contribution in [2.24, 2.45) is 5.10 Å². The lowest BCUT2D eigenvalue weighted by atomic mass is 10.2. The summed E-state index contributed by atoms with van der Waals surface area (Å²) in [6.45, 7) is 3.33. The van der Waals surface area contributed by atoms with Gasteiger partial charge < -0.3 is 0 Å². The van der Waals surface area contributed by atoms with Crippen LogP contribution in [-0.4, -0.2) is 29.7 Å². The van der Waals surface area contributed by atoms with Crippen LogP contribution in [0, 0.1) is 0 Å². The molecule has 7 heteroatoms. The summed E-state index contributed by atoms with van der Waals surface area (Å²) in [6.07, 6.45) is 3.28. The molecule has 0 aliphatic carbocycles. The predicted octanol–water partition coefficient (Wildman–Crippen LogP) is 3.50. The lowest BCUT2D eigenvalue weighted by Crippen LogP contribution is -2.17. The first-order valence-electron chi connectivity index (χ1n) is 8.21. The van der Waals surface area contributed by atoms with Crippen LogP contribution >= 0.6 is 0 Å². The summed E-state index contributed by atoms with van der Waals surface area (Å²) in [7, 11) is -3.44. The van der Waals surface area contributed by atoms with Crippen LogP contribution in [-0.2, 0) is 9.84 Å². The minimum Gasteiger partial charge on any atom is -0.261 e. The Bertz CT molecular complexity index is 1010. The summed E-state index contributed by atoms with van der Waals surface area (Å²) in [5.41, 5.74) is 4.37. The molecule has 0 aliphatic rings. The molecule has 0 fully saturated rings. The Balaban J connectivity index is 1.94. The van der Waals surface area contributed by atoms with Crippen molar-refractivity contribution < 1.29 is 8.42 Å². The van der Waals surface area contributed by atoms with Gasteiger partial charge in [-0.3, -0.25) is 5.43 Å². The van der Waals surface area contributed by atoms with E-state index in [1.807, 2.05) is 30.3 Å². The Kier molecular flexibility index (Phi) is 5.18. The number of rotatable bonds is 6. The molecule has 0 spiro atoms. The molecule has 1 heterocycles. The number of hydrogen-bond donors (Lipinski definition) is 1. The molecule has 3 rings (SSSR count). The third kappa shape index (κ3) is 3.67. The van der Waals surface area contributed by atoms with Gasteiger partial charge in [0.1, 0.15) is 5.82 Å². The number of hydrogen-bond acceptors (Lipinski definition) is 5. The van der Waals surface area contributed by atoms with E-state index in [1.165, 1.54) is 4.68 Å². The van der Waals surface area contributed by atoms with Crippen molar-refractivity contribution in [1.29, 1.82) is 0 Å². The lowest BCUT2D eigenvalue weighted by Gasteiger charge is -2.14. The predicted molar refractivity (Wildman–Crippen MR) is 104 cm³/mol. The summed E-state index contributed by atoms with van der Waals surface area (Å²) in [4.78, 5) is 0.244. The van der Waals surface area contributed by atoms with Gasteiger partial charge >= 0.3 is 0 Å². The average Bonchev–Trinajstić information content (AvgIpc) is 3.11. The van der Waals surface area contributed by atoms with Crippen LogP contribution in [0.5, 0.6) is 0 Å². The Morgan fingerprint density at radius 2 is 1.73 bits per heavy atom. The van der Waals surface area contributed by atoms with Gasteiger partial charge in [-0.1, -0.05) is 42.5 Å². The first kappa shape index (κ1) is 17.9. The molecule has 0 saturated carbocycles. The van der Waals surface area contributed by atoms with E-state index in [2.05, 4.69) is 15.6 Å². The standard InChI is InChI=1S/C19H20N4O2S/c1-15(2)26(24,25)18-11-7-6-10-17(18)23-19(12-13-21-23)22-20-14-16-8-4-3-5-9-16/h3-15,22H,1-2H3. The van der Waals surface area contributed by atoms with Crippen molar-refractivity contribution >= 4 is 21.9 Å². The zero-order valence-corrected chi connectivity index (χ0v) is 15.4. The topological polar surface area (TPSA) is 76.3 Å². The summed E-state index contributed by atoms with van der Waals surface area (Å²) in [5, 5.41) is 7.95. The van der Waals surface area contributed by atoms with Crippen molar-refractivity contribution in [1.82, 2.24) is 9.78 Å². The fourth-order valence-corrected chi connectivity index (χ4v) is 3.64. The fourth-order valence-electron chi connectivity index (χ4n) is 2.42. The number of nitrogens with one attached hydrogen (secondary N) is 1. The molecule has 0 atom stereocenters. The van der Waals surface area contributed by atoms with Gasteiger partial charge in [0.15, 0.2) is 9.84 Å². The van der Waals surface area contributed by atoms with E-state index < -0.39 is 15.1 Å². The molecule has 1 N–H and O–H groups in total. The molecule has 0 amide bonds. The molecule has 1 aromatic heterocycles. The zero-order valence-electron chi connectivity index (χ0n) is 14.6. The number of anilines is 1. The van der Waals surface area contributed by atoms with Crippen molar-refractivity contribution in [2.45, 2.75) is 24.0 Å². The normalized spacial score (nSPS) is 12.0. The van der Waals surface area contributed by atoms with Crippen LogP contribution < -0.4 is 5.43 Å². The van der Waals surface area contributed by atoms with E-state index in [4.69, 9.17) is 0 Å². The molecule has 0 bridgehead atoms. The van der Waals surface area contributed by atoms with Crippen molar-refractivity contribution in [3.05, 3.63) is 72.4 Å². The highest BCUT2D eigenvalue weighted by atomic mass is 32.2. The number of hydrazone groups is 1. The summed E-state index contributed by atoms with van der Waals surface area (Å²) in [6, 6.07) is 18.2. The molecule has 0 unspecified atom stereocenters. The van der Waals surface area contributed by atoms with Gasteiger partial charge in [-0.25, -0.2) is 13.1 Å². The highest BCUT2D eigenvalue weighted by Gasteiger charge is 2.24. The summed E-state index contributed by atoms with van der Waals surface area (Å²) < 4.78 is 26.9. The van der Waals surface area contributed by atoms with Crippen LogP contribution in [0.25, 0.3) is 5.69 Å². The maximum atomic E-state index is 12.7. The molecular weight excluding hydrogens is 348 g/mol. The molecule has 3 aromatic rings. The fraction of sp³-hybridized carbons (Fsp3) is 0.158. The van der Waals surface area contributed by atoms with Crippen molar-refractivity contribution in [3.63, 3.8) is 0 Å². The number of nitrogens with zero attached hydrogens (tertiary/aromatic N) is 3. The minimum absolute atomic E-state index is 0.244. The molecule has 0 aliphatic heterocycles. The van der Waals surface area contributed by atoms with E-state index in [0.29, 0.717) is 11.5 Å². The summed E-state index contributed by atoms with van der Waals surface area (Å²) >= 11 is 0. The highest BCUT2D eigenvalue weighted by Crippen LogP contribution is 2.25. The van der Waals surface area contributed by atoms with Crippen molar-refractivity contribution in [3.8, 4) is 5.69 Å². The van der Waals surface area contributed by atoms with Gasteiger partial charge in [0.2, 0.25) is 0 Å². The third-order valence-electron chi connectivity index (χ3n) is 3.86. The lowest BCUT2D eigenvalue weighted by molar-refractivity contribution is 0.586. The molecule has 26 heavy (non-hydrogen) atoms. The van der Waals surface area contributed by atoms with Crippen LogP contribution in [0.3, 0.4) is 0 Å². The largest absolute Gasteiger partial charge is 0.261 e. The minimum atomic E-state index is -3.44. The first-order valence-corrected chi connectivity index (χ1v) is 9.76. The molecule has 0 radical (unpaired) electrons. The molecule has 6 nitrogen and oxygen atoms in total. The zero-order chi connectivity index (χ0) is 18.6. The number of benzene rings is 2. The highest BCUT2D eigenvalue weighted by molar-refractivity contribution is 7.92. The smallest absolute Gasteiger partial charge is 0.182 e. The van der Waals surface area contributed by atoms with Gasteiger partial charge in [0, 0.05) is 6.07 Å². The van der Waals surface area contributed by atoms with Crippen LogP contribution in [0.15, 0.2) is 76.9 Å². The molecule has 134 valence electrons. The van der Waals surface area contributed by atoms with Gasteiger partial charge in [0.05, 0.1) is 28.2 Å². The van der Waals surface area contributed by atoms with Gasteiger partial charge in [-0.2, -0.15) is 10.2 Å². The second kappa shape index (κ2) is 7.53. The maximum absolute atomic E-state index is 12.7. The number of aromatic nitrogens is 2. The van der Waals surface area contributed by atoms with Gasteiger partial charge in [-0.05, 0) is 31.5 Å². The first-order chi connectivity index (χ1) is 12.5. The summed E-state index contributed by atoms with van der Waals surface area (Å²) in [5.74, 6) is 0.573. The maximum Gasteiger partial charge on any atom is 0.182 e. The quantitative estimate of drug-likeness (QED) is 0.534. The van der Waals surface area contributed by atoms with Crippen LogP contribution in [0.4, 0.5) is 5.82 Å². The Labute approximate surface area is 153 Å². The molecule has 0 saturated heterocycles. The Morgan fingerprint density at radius 1 is 1.04 bits per heavy atom. The SMILES string of the molecule is CC(C)S(=O)(=O)c1ccccc1-n1nccc1NN=Cc1ccccc1. The van der Waals surface area contributed by atoms with Crippen molar-refractivity contribution in [2.75, 3.05) is 5.43 Å². The van der Waals surface area contributed by atoms with Crippen LogP contribution in [0.1, 0.15) is 19.4 Å². The average molecular weight is 368 g/mol. The second-order valence-electron chi connectivity index (χ2n) is 5.97. The Morgan fingerprint density at radius 3 is 2.46 bits per heavy atom. The number of sulfone groups is 1. The molecule has 2 aromatic carbocycles.